The predicted octanol–water partition coefficient (Wildman–Crippen LogP) is 2.24. The van der Waals surface area contributed by atoms with Crippen LogP contribution in [0.4, 0.5) is 5.82 Å². The van der Waals surface area contributed by atoms with Crippen molar-refractivity contribution in [1.29, 1.82) is 0 Å². The molecule has 0 aromatic carbocycles. The van der Waals surface area contributed by atoms with Gasteiger partial charge in [0.25, 0.3) is 0 Å². The number of nitrogens with one attached hydrogen (secondary N) is 1. The summed E-state index contributed by atoms with van der Waals surface area (Å²) in [6, 6.07) is 2.67. The van der Waals surface area contributed by atoms with E-state index >= 15 is 0 Å². The Bertz CT molecular complexity index is 457. The molecule has 0 saturated carbocycles. The Morgan fingerprint density at radius 1 is 1.50 bits per heavy atom. The molecule has 0 spiro atoms. The molecule has 0 amide bonds. The Kier molecular flexibility index (Phi) is 4.66. The molecule has 1 aromatic heterocycles. The second kappa shape index (κ2) is 6.10. The average molecular weight is 277 g/mol. The number of nitrogens with zero attached hydrogens (tertiary/aromatic N) is 2. The number of pyridine rings is 1. The number of hydrogen-bond donors (Lipinski definition) is 2. The SMILES string of the molecule is Cc1cc(CNC(C)C)cnc1N1CCCC(C)(O)C1. The van der Waals surface area contributed by atoms with Gasteiger partial charge in [-0.05, 0) is 43.9 Å². The molecule has 0 radical (unpaired) electrons. The summed E-state index contributed by atoms with van der Waals surface area (Å²) < 4.78 is 0. The normalized spacial score (nSPS) is 23.4. The predicted molar refractivity (Wildman–Crippen MR) is 83.0 cm³/mol. The van der Waals surface area contributed by atoms with Gasteiger partial charge in [-0.3, -0.25) is 0 Å². The zero-order valence-electron chi connectivity index (χ0n) is 13.1. The molecule has 1 atom stereocenters. The summed E-state index contributed by atoms with van der Waals surface area (Å²) in [5.74, 6) is 1.01. The highest BCUT2D eigenvalue weighted by atomic mass is 16.3. The van der Waals surface area contributed by atoms with Gasteiger partial charge >= 0.3 is 0 Å². The Balaban J connectivity index is 2.09. The van der Waals surface area contributed by atoms with Crippen molar-refractivity contribution in [3.8, 4) is 0 Å². The van der Waals surface area contributed by atoms with Crippen LogP contribution in [0.3, 0.4) is 0 Å². The topological polar surface area (TPSA) is 48.4 Å². The first-order valence-electron chi connectivity index (χ1n) is 7.54. The molecule has 20 heavy (non-hydrogen) atoms. The molecular weight excluding hydrogens is 250 g/mol. The average Bonchev–Trinajstić information content (AvgIpc) is 2.35. The molecule has 1 fully saturated rings. The zero-order chi connectivity index (χ0) is 14.8. The highest BCUT2D eigenvalue weighted by molar-refractivity contribution is 5.48. The van der Waals surface area contributed by atoms with Crippen LogP contribution in [-0.4, -0.2) is 34.8 Å². The minimum atomic E-state index is -0.593. The Labute approximate surface area is 122 Å². The summed E-state index contributed by atoms with van der Waals surface area (Å²) >= 11 is 0. The Morgan fingerprint density at radius 3 is 2.85 bits per heavy atom. The fraction of sp³-hybridized carbons (Fsp3) is 0.688. The number of anilines is 1. The van der Waals surface area contributed by atoms with Crippen LogP contribution in [0.25, 0.3) is 0 Å². The molecule has 1 aliphatic rings. The lowest BCUT2D eigenvalue weighted by atomic mass is 9.95. The van der Waals surface area contributed by atoms with Crippen molar-refractivity contribution in [2.75, 3.05) is 18.0 Å². The lowest BCUT2D eigenvalue weighted by Gasteiger charge is -2.38. The van der Waals surface area contributed by atoms with E-state index in [9.17, 15) is 5.11 Å². The summed E-state index contributed by atoms with van der Waals surface area (Å²) in [6.45, 7) is 10.8. The molecule has 1 aromatic rings. The first-order valence-corrected chi connectivity index (χ1v) is 7.54. The maximum Gasteiger partial charge on any atom is 0.131 e. The van der Waals surface area contributed by atoms with Gasteiger partial charge in [0, 0.05) is 31.9 Å². The van der Waals surface area contributed by atoms with Gasteiger partial charge in [-0.15, -0.1) is 0 Å². The fourth-order valence-corrected chi connectivity index (χ4v) is 2.78. The van der Waals surface area contributed by atoms with E-state index in [1.54, 1.807) is 0 Å². The molecule has 2 rings (SSSR count). The van der Waals surface area contributed by atoms with Crippen molar-refractivity contribution >= 4 is 5.82 Å². The summed E-state index contributed by atoms with van der Waals surface area (Å²) in [7, 11) is 0. The Hall–Kier alpha value is -1.13. The molecule has 112 valence electrons. The van der Waals surface area contributed by atoms with Gasteiger partial charge in [0.1, 0.15) is 5.82 Å². The van der Waals surface area contributed by atoms with Crippen LogP contribution in [0.1, 0.15) is 44.7 Å². The molecule has 1 aliphatic heterocycles. The number of piperidine rings is 1. The van der Waals surface area contributed by atoms with E-state index in [2.05, 4.69) is 42.0 Å². The van der Waals surface area contributed by atoms with Crippen molar-refractivity contribution in [2.45, 2.75) is 58.7 Å². The first kappa shape index (κ1) is 15.3. The molecule has 2 N–H and O–H groups in total. The van der Waals surface area contributed by atoms with Gasteiger partial charge in [-0.1, -0.05) is 13.8 Å². The van der Waals surface area contributed by atoms with Gasteiger partial charge in [-0.2, -0.15) is 0 Å². The largest absolute Gasteiger partial charge is 0.388 e. The molecule has 4 nitrogen and oxygen atoms in total. The molecular formula is C16H27N3O. The zero-order valence-corrected chi connectivity index (χ0v) is 13.1. The molecule has 1 unspecified atom stereocenters. The summed E-state index contributed by atoms with van der Waals surface area (Å²) in [6.07, 6.45) is 3.84. The van der Waals surface area contributed by atoms with Crippen LogP contribution in [0.15, 0.2) is 12.3 Å². The third kappa shape index (κ3) is 3.93. The van der Waals surface area contributed by atoms with Crippen LogP contribution < -0.4 is 10.2 Å². The van der Waals surface area contributed by atoms with Crippen LogP contribution in [0, 0.1) is 6.92 Å². The third-order valence-corrected chi connectivity index (χ3v) is 3.80. The summed E-state index contributed by atoms with van der Waals surface area (Å²) in [5.41, 5.74) is 1.80. The van der Waals surface area contributed by atoms with Crippen molar-refractivity contribution in [2.24, 2.45) is 0 Å². The van der Waals surface area contributed by atoms with Crippen molar-refractivity contribution in [1.82, 2.24) is 10.3 Å². The van der Waals surface area contributed by atoms with E-state index in [-0.39, 0.29) is 0 Å². The second-order valence-electron chi connectivity index (χ2n) is 6.54. The lowest BCUT2D eigenvalue weighted by Crippen LogP contribution is -2.46. The first-order chi connectivity index (χ1) is 9.37. The minimum Gasteiger partial charge on any atom is -0.388 e. The van der Waals surface area contributed by atoms with Crippen LogP contribution >= 0.6 is 0 Å². The van der Waals surface area contributed by atoms with E-state index in [0.717, 1.165) is 31.7 Å². The van der Waals surface area contributed by atoms with Crippen molar-refractivity contribution in [3.05, 3.63) is 23.4 Å². The van der Waals surface area contributed by atoms with Crippen molar-refractivity contribution < 1.29 is 5.11 Å². The summed E-state index contributed by atoms with van der Waals surface area (Å²) in [4.78, 5) is 6.83. The maximum absolute atomic E-state index is 10.2. The molecule has 0 aliphatic carbocycles. The van der Waals surface area contributed by atoms with Gasteiger partial charge in [0.2, 0.25) is 0 Å². The number of hydrogen-bond acceptors (Lipinski definition) is 4. The fourth-order valence-electron chi connectivity index (χ4n) is 2.78. The number of rotatable bonds is 4. The molecule has 0 bridgehead atoms. The number of aryl methyl sites for hydroxylation is 1. The van der Waals surface area contributed by atoms with E-state index in [1.165, 1.54) is 11.1 Å². The van der Waals surface area contributed by atoms with Gasteiger partial charge in [-0.25, -0.2) is 4.98 Å². The van der Waals surface area contributed by atoms with Gasteiger partial charge < -0.3 is 15.3 Å². The van der Waals surface area contributed by atoms with E-state index in [4.69, 9.17) is 0 Å². The van der Waals surface area contributed by atoms with Crippen LogP contribution in [-0.2, 0) is 6.54 Å². The third-order valence-electron chi connectivity index (χ3n) is 3.80. The second-order valence-corrected chi connectivity index (χ2v) is 6.54. The standard InChI is InChI=1S/C16H27N3O/c1-12(2)17-9-14-8-13(3)15(18-10-14)19-7-5-6-16(4,20)11-19/h8,10,12,17,20H,5-7,9,11H2,1-4H3. The van der Waals surface area contributed by atoms with Crippen LogP contribution in [0.2, 0.25) is 0 Å². The highest BCUT2D eigenvalue weighted by Gasteiger charge is 2.29. The molecule has 1 saturated heterocycles. The highest BCUT2D eigenvalue weighted by Crippen LogP contribution is 2.26. The number of aliphatic hydroxyl groups is 1. The van der Waals surface area contributed by atoms with E-state index in [0.29, 0.717) is 12.6 Å². The van der Waals surface area contributed by atoms with Gasteiger partial charge in [0.05, 0.1) is 5.60 Å². The maximum atomic E-state index is 10.2. The summed E-state index contributed by atoms with van der Waals surface area (Å²) in [5, 5.41) is 13.6. The molecule has 2 heterocycles. The number of aromatic nitrogens is 1. The van der Waals surface area contributed by atoms with Crippen LogP contribution in [0.5, 0.6) is 0 Å². The lowest BCUT2D eigenvalue weighted by molar-refractivity contribution is 0.0447. The number of β-amino-alcohol motifs (C(OH)–C–C–N with tert-alkyl or cyclic N) is 1. The quantitative estimate of drug-likeness (QED) is 0.886. The smallest absolute Gasteiger partial charge is 0.131 e. The van der Waals surface area contributed by atoms with Gasteiger partial charge in [0.15, 0.2) is 0 Å². The minimum absolute atomic E-state index is 0.479. The van der Waals surface area contributed by atoms with E-state index in [1.807, 2.05) is 13.1 Å². The molecule has 4 heteroatoms. The van der Waals surface area contributed by atoms with E-state index < -0.39 is 5.60 Å². The Morgan fingerprint density at radius 2 is 2.25 bits per heavy atom. The monoisotopic (exact) mass is 277 g/mol. The van der Waals surface area contributed by atoms with Crippen molar-refractivity contribution in [3.63, 3.8) is 0 Å².